The molecule has 2 N–H and O–H groups in total. The van der Waals surface area contributed by atoms with Crippen LogP contribution in [0.4, 0.5) is 5.69 Å². The summed E-state index contributed by atoms with van der Waals surface area (Å²) in [6.07, 6.45) is 1.58. The molecular formula is C12H18N2O2S. The van der Waals surface area contributed by atoms with E-state index < -0.39 is 15.3 Å². The molecule has 0 aromatic heterocycles. The van der Waals surface area contributed by atoms with E-state index in [1.165, 1.54) is 9.87 Å². The zero-order valence-corrected chi connectivity index (χ0v) is 10.8. The van der Waals surface area contributed by atoms with Crippen molar-refractivity contribution in [2.24, 2.45) is 5.73 Å². The molecule has 0 saturated carbocycles. The van der Waals surface area contributed by atoms with Crippen LogP contribution in [0.15, 0.2) is 24.3 Å². The summed E-state index contributed by atoms with van der Waals surface area (Å²) in [4.78, 5) is 0. The molecule has 1 fully saturated rings. The molecule has 5 heteroatoms. The van der Waals surface area contributed by atoms with Crippen LogP contribution in [0, 0.1) is 0 Å². The first-order valence-corrected chi connectivity index (χ1v) is 7.40. The fourth-order valence-corrected chi connectivity index (χ4v) is 3.91. The smallest absolute Gasteiger partial charge is 0.239 e. The third kappa shape index (κ3) is 2.17. The van der Waals surface area contributed by atoms with Crippen LogP contribution in [0.2, 0.25) is 0 Å². The van der Waals surface area contributed by atoms with Crippen molar-refractivity contribution in [3.05, 3.63) is 29.8 Å². The van der Waals surface area contributed by atoms with Crippen molar-refractivity contribution in [2.75, 3.05) is 17.4 Å². The summed E-state index contributed by atoms with van der Waals surface area (Å²) >= 11 is 0. The largest absolute Gasteiger partial charge is 0.329 e. The van der Waals surface area contributed by atoms with E-state index in [-0.39, 0.29) is 6.54 Å². The zero-order chi connectivity index (χ0) is 12.5. The first-order chi connectivity index (χ1) is 8.09. The van der Waals surface area contributed by atoms with Gasteiger partial charge in [-0.1, -0.05) is 19.1 Å². The van der Waals surface area contributed by atoms with Gasteiger partial charge in [-0.3, -0.25) is 4.31 Å². The monoisotopic (exact) mass is 254 g/mol. The molecule has 0 aliphatic carbocycles. The molecule has 1 aliphatic rings. The molecule has 0 spiro atoms. The highest BCUT2D eigenvalue weighted by atomic mass is 32.2. The molecule has 1 saturated heterocycles. The fraction of sp³-hybridized carbons (Fsp3) is 0.500. The van der Waals surface area contributed by atoms with Crippen molar-refractivity contribution in [2.45, 2.75) is 25.0 Å². The number of hydrogen-bond acceptors (Lipinski definition) is 3. The molecule has 2 rings (SSSR count). The first kappa shape index (κ1) is 12.4. The number of anilines is 1. The molecule has 1 unspecified atom stereocenters. The number of rotatable bonds is 3. The van der Waals surface area contributed by atoms with Gasteiger partial charge in [0, 0.05) is 13.1 Å². The summed E-state index contributed by atoms with van der Waals surface area (Å²) in [6.45, 7) is 2.81. The highest BCUT2D eigenvalue weighted by molar-refractivity contribution is 7.93. The highest BCUT2D eigenvalue weighted by Gasteiger charge is 2.37. The molecule has 94 valence electrons. The van der Waals surface area contributed by atoms with Crippen molar-refractivity contribution in [1.82, 2.24) is 0 Å². The van der Waals surface area contributed by atoms with Crippen LogP contribution >= 0.6 is 0 Å². The average molecular weight is 254 g/mol. The average Bonchev–Trinajstić information content (AvgIpc) is 2.64. The van der Waals surface area contributed by atoms with Gasteiger partial charge in [-0.2, -0.15) is 0 Å². The molecule has 17 heavy (non-hydrogen) atoms. The van der Waals surface area contributed by atoms with E-state index in [0.717, 1.165) is 12.1 Å². The lowest BCUT2D eigenvalue weighted by Gasteiger charge is -2.18. The number of aryl methyl sites for hydroxylation is 1. The quantitative estimate of drug-likeness (QED) is 0.879. The Labute approximate surface area is 102 Å². The van der Waals surface area contributed by atoms with Gasteiger partial charge < -0.3 is 5.73 Å². The van der Waals surface area contributed by atoms with Gasteiger partial charge in [0.25, 0.3) is 0 Å². The van der Waals surface area contributed by atoms with Gasteiger partial charge in [-0.25, -0.2) is 8.42 Å². The van der Waals surface area contributed by atoms with Crippen LogP contribution in [0.25, 0.3) is 0 Å². The molecule has 0 amide bonds. The zero-order valence-electron chi connectivity index (χ0n) is 9.96. The number of sulfonamides is 1. The maximum atomic E-state index is 12.1. The van der Waals surface area contributed by atoms with Gasteiger partial charge in [0.15, 0.2) is 0 Å². The summed E-state index contributed by atoms with van der Waals surface area (Å²) in [5, 5.41) is -0.423. The van der Waals surface area contributed by atoms with Crippen LogP contribution in [-0.4, -0.2) is 26.8 Å². The fourth-order valence-electron chi connectivity index (χ4n) is 2.13. The van der Waals surface area contributed by atoms with E-state index in [1.54, 1.807) is 0 Å². The minimum atomic E-state index is -3.24. The van der Waals surface area contributed by atoms with Crippen molar-refractivity contribution in [3.8, 4) is 0 Å². The SMILES string of the molecule is CCc1ccc(N2CCC(CN)S2(=O)=O)cc1. The van der Waals surface area contributed by atoms with E-state index in [1.807, 2.05) is 24.3 Å². The molecule has 1 aromatic carbocycles. The number of hydrogen-bond donors (Lipinski definition) is 1. The second-order valence-electron chi connectivity index (χ2n) is 4.28. The predicted molar refractivity (Wildman–Crippen MR) is 69.5 cm³/mol. The molecule has 1 aromatic rings. The van der Waals surface area contributed by atoms with E-state index in [0.29, 0.717) is 13.0 Å². The Balaban J connectivity index is 2.29. The lowest BCUT2D eigenvalue weighted by Crippen LogP contribution is -2.33. The van der Waals surface area contributed by atoms with Gasteiger partial charge in [-0.05, 0) is 30.5 Å². The summed E-state index contributed by atoms with van der Waals surface area (Å²) in [5.41, 5.74) is 7.45. The van der Waals surface area contributed by atoms with Gasteiger partial charge in [0.05, 0.1) is 10.9 Å². The molecular weight excluding hydrogens is 236 g/mol. The minimum absolute atomic E-state index is 0.200. The Morgan fingerprint density at radius 2 is 2.00 bits per heavy atom. The van der Waals surface area contributed by atoms with Crippen LogP contribution in [-0.2, 0) is 16.4 Å². The Kier molecular flexibility index (Phi) is 3.40. The van der Waals surface area contributed by atoms with E-state index >= 15 is 0 Å². The normalized spacial score (nSPS) is 22.9. The minimum Gasteiger partial charge on any atom is -0.329 e. The third-order valence-electron chi connectivity index (χ3n) is 3.28. The summed E-state index contributed by atoms with van der Waals surface area (Å²) in [7, 11) is -3.24. The van der Waals surface area contributed by atoms with Crippen molar-refractivity contribution in [1.29, 1.82) is 0 Å². The Morgan fingerprint density at radius 1 is 1.35 bits per heavy atom. The predicted octanol–water partition coefficient (Wildman–Crippen LogP) is 1.12. The number of benzene rings is 1. The van der Waals surface area contributed by atoms with E-state index in [9.17, 15) is 8.42 Å². The highest BCUT2D eigenvalue weighted by Crippen LogP contribution is 2.28. The van der Waals surface area contributed by atoms with Gasteiger partial charge in [0.2, 0.25) is 10.0 Å². The van der Waals surface area contributed by atoms with Gasteiger partial charge in [0.1, 0.15) is 0 Å². The second kappa shape index (κ2) is 4.66. The van der Waals surface area contributed by atoms with Gasteiger partial charge in [-0.15, -0.1) is 0 Å². The molecule has 4 nitrogen and oxygen atoms in total. The summed E-state index contributed by atoms with van der Waals surface area (Å²) in [5.74, 6) is 0. The summed E-state index contributed by atoms with van der Waals surface area (Å²) < 4.78 is 25.7. The van der Waals surface area contributed by atoms with Crippen LogP contribution in [0.1, 0.15) is 18.9 Å². The lowest BCUT2D eigenvalue weighted by atomic mass is 10.1. The Morgan fingerprint density at radius 3 is 2.47 bits per heavy atom. The second-order valence-corrected chi connectivity index (χ2v) is 6.42. The molecule has 0 bridgehead atoms. The van der Waals surface area contributed by atoms with Crippen LogP contribution in [0.5, 0.6) is 0 Å². The van der Waals surface area contributed by atoms with Crippen LogP contribution < -0.4 is 10.0 Å². The maximum absolute atomic E-state index is 12.1. The van der Waals surface area contributed by atoms with Crippen molar-refractivity contribution >= 4 is 15.7 Å². The summed E-state index contributed by atoms with van der Waals surface area (Å²) in [6, 6.07) is 7.69. The molecule has 1 heterocycles. The van der Waals surface area contributed by atoms with E-state index in [4.69, 9.17) is 5.73 Å². The van der Waals surface area contributed by atoms with Crippen molar-refractivity contribution in [3.63, 3.8) is 0 Å². The standard InChI is InChI=1S/C12H18N2O2S/c1-2-10-3-5-11(6-4-10)14-8-7-12(9-13)17(14,15)16/h3-6,12H,2,7-9,13H2,1H3. The Bertz CT molecular complexity index is 482. The number of nitrogens with two attached hydrogens (primary N) is 1. The van der Waals surface area contributed by atoms with Crippen LogP contribution in [0.3, 0.4) is 0 Å². The van der Waals surface area contributed by atoms with E-state index in [2.05, 4.69) is 6.92 Å². The van der Waals surface area contributed by atoms with Crippen molar-refractivity contribution < 1.29 is 8.42 Å². The lowest BCUT2D eigenvalue weighted by molar-refractivity contribution is 0.588. The topological polar surface area (TPSA) is 63.4 Å². The third-order valence-corrected chi connectivity index (χ3v) is 5.56. The molecule has 0 radical (unpaired) electrons. The van der Waals surface area contributed by atoms with Gasteiger partial charge >= 0.3 is 0 Å². The Hall–Kier alpha value is -1.07. The maximum Gasteiger partial charge on any atom is 0.239 e. The first-order valence-electron chi connectivity index (χ1n) is 5.90. The molecule has 1 aliphatic heterocycles. The number of nitrogens with zero attached hydrogens (tertiary/aromatic N) is 1. The molecule has 1 atom stereocenters.